The molecular formula is C26H30N4O6S. The normalized spacial score (nSPS) is 16.9. The van der Waals surface area contributed by atoms with Crippen LogP contribution in [0.25, 0.3) is 0 Å². The largest absolute Gasteiger partial charge is 0.493 e. The van der Waals surface area contributed by atoms with Gasteiger partial charge in [-0.2, -0.15) is 0 Å². The Hall–Kier alpha value is -3.86. The fourth-order valence-corrected chi connectivity index (χ4v) is 6.16. The molecule has 1 unspecified atom stereocenters. The molecule has 37 heavy (non-hydrogen) atoms. The minimum atomic E-state index is -4.26. The number of hydrogen-bond donors (Lipinski definition) is 1. The standard InChI is InChI=1S/C26H30N4O6S/c1-16-14-26(2,3)30(15-16)25-23(24(27)31)20(11-12-28-25)37(32,33)22-8-6-7-21(29-22)36-17-9-10-18(34-4)19(13-17)35-5/h6-13,16H,14-15H2,1-5H3,(H2,27,31). The van der Waals surface area contributed by atoms with Crippen LogP contribution in [-0.2, 0) is 9.84 Å². The van der Waals surface area contributed by atoms with Crippen LogP contribution in [0.4, 0.5) is 5.82 Å². The average molecular weight is 527 g/mol. The predicted octanol–water partition coefficient (Wildman–Crippen LogP) is 3.84. The number of methoxy groups -OCH3 is 2. The Morgan fingerprint density at radius 3 is 2.46 bits per heavy atom. The molecule has 1 aliphatic heterocycles. The first kappa shape index (κ1) is 26.2. The summed E-state index contributed by atoms with van der Waals surface area (Å²) in [7, 11) is -1.24. The Bertz CT molecular complexity index is 1440. The summed E-state index contributed by atoms with van der Waals surface area (Å²) in [4.78, 5) is 22.9. The van der Waals surface area contributed by atoms with Gasteiger partial charge in [0.2, 0.25) is 15.7 Å². The van der Waals surface area contributed by atoms with Gasteiger partial charge < -0.3 is 24.8 Å². The molecule has 1 aliphatic rings. The Labute approximate surface area is 216 Å². The van der Waals surface area contributed by atoms with Gasteiger partial charge in [0.1, 0.15) is 17.1 Å². The van der Waals surface area contributed by atoms with Crippen LogP contribution in [-0.4, -0.2) is 50.6 Å². The van der Waals surface area contributed by atoms with Crippen molar-refractivity contribution in [1.29, 1.82) is 0 Å². The molecule has 0 radical (unpaired) electrons. The number of anilines is 1. The highest BCUT2D eigenvalue weighted by atomic mass is 32.2. The molecule has 1 amide bonds. The molecule has 3 heterocycles. The maximum atomic E-state index is 13.7. The van der Waals surface area contributed by atoms with Gasteiger partial charge in [-0.15, -0.1) is 0 Å². The monoisotopic (exact) mass is 526 g/mol. The number of nitrogens with two attached hydrogens (primary N) is 1. The van der Waals surface area contributed by atoms with Crippen LogP contribution < -0.4 is 24.8 Å². The smallest absolute Gasteiger partial charge is 0.253 e. The summed E-state index contributed by atoms with van der Waals surface area (Å²) in [5.74, 6) is 1.08. The molecular weight excluding hydrogens is 496 g/mol. The fourth-order valence-electron chi connectivity index (χ4n) is 4.77. The summed E-state index contributed by atoms with van der Waals surface area (Å²) in [6, 6.07) is 10.5. The Kier molecular flexibility index (Phi) is 7.00. The zero-order valence-corrected chi connectivity index (χ0v) is 22.2. The van der Waals surface area contributed by atoms with E-state index in [2.05, 4.69) is 16.9 Å². The highest BCUT2D eigenvalue weighted by Crippen LogP contribution is 2.39. The molecule has 1 fully saturated rings. The summed E-state index contributed by atoms with van der Waals surface area (Å²) < 4.78 is 43.8. The summed E-state index contributed by atoms with van der Waals surface area (Å²) in [6.45, 7) is 6.78. The molecule has 2 N–H and O–H groups in total. The molecule has 1 aromatic carbocycles. The topological polar surface area (TPSA) is 134 Å². The van der Waals surface area contributed by atoms with Crippen molar-refractivity contribution in [2.45, 2.75) is 42.7 Å². The van der Waals surface area contributed by atoms with Gasteiger partial charge in [-0.1, -0.05) is 13.0 Å². The van der Waals surface area contributed by atoms with Crippen LogP contribution in [0.2, 0.25) is 0 Å². The van der Waals surface area contributed by atoms with Gasteiger partial charge in [-0.05, 0) is 50.5 Å². The van der Waals surface area contributed by atoms with Gasteiger partial charge in [0.25, 0.3) is 5.91 Å². The van der Waals surface area contributed by atoms with E-state index in [-0.39, 0.29) is 32.7 Å². The lowest BCUT2D eigenvalue weighted by Gasteiger charge is -2.33. The van der Waals surface area contributed by atoms with Gasteiger partial charge in [0, 0.05) is 30.4 Å². The molecule has 0 bridgehead atoms. The van der Waals surface area contributed by atoms with E-state index < -0.39 is 15.7 Å². The third-order valence-electron chi connectivity index (χ3n) is 6.31. The van der Waals surface area contributed by atoms with E-state index in [1.165, 1.54) is 44.7 Å². The Morgan fingerprint density at radius 2 is 1.84 bits per heavy atom. The van der Waals surface area contributed by atoms with Crippen LogP contribution in [0.1, 0.15) is 37.6 Å². The van der Waals surface area contributed by atoms with Crippen molar-refractivity contribution in [1.82, 2.24) is 9.97 Å². The summed E-state index contributed by atoms with van der Waals surface area (Å²) >= 11 is 0. The van der Waals surface area contributed by atoms with Crippen molar-refractivity contribution in [2.24, 2.45) is 11.7 Å². The van der Waals surface area contributed by atoms with E-state index in [4.69, 9.17) is 19.9 Å². The highest BCUT2D eigenvalue weighted by Gasteiger charge is 2.40. The Balaban J connectivity index is 1.74. The van der Waals surface area contributed by atoms with Crippen molar-refractivity contribution in [3.63, 3.8) is 0 Å². The fraction of sp³-hybridized carbons (Fsp3) is 0.346. The molecule has 196 valence electrons. The first-order valence-electron chi connectivity index (χ1n) is 11.7. The number of pyridine rings is 2. The highest BCUT2D eigenvalue weighted by molar-refractivity contribution is 7.91. The van der Waals surface area contributed by atoms with E-state index in [0.29, 0.717) is 29.7 Å². The second-order valence-corrected chi connectivity index (χ2v) is 11.4. The Morgan fingerprint density at radius 1 is 1.11 bits per heavy atom. The number of rotatable bonds is 8. The molecule has 1 saturated heterocycles. The lowest BCUT2D eigenvalue weighted by atomic mass is 9.97. The van der Waals surface area contributed by atoms with Crippen LogP contribution in [0.3, 0.4) is 0 Å². The quantitative estimate of drug-likeness (QED) is 0.464. The summed E-state index contributed by atoms with van der Waals surface area (Å²) in [5, 5.41) is -0.292. The molecule has 3 aromatic rings. The van der Waals surface area contributed by atoms with Crippen molar-refractivity contribution in [3.8, 4) is 23.1 Å². The second-order valence-electron chi connectivity index (χ2n) is 9.54. The SMILES string of the molecule is COc1ccc(Oc2cccc(S(=O)(=O)c3ccnc(N4CC(C)CC4(C)C)c3C(N)=O)n2)cc1OC. The maximum Gasteiger partial charge on any atom is 0.253 e. The number of primary amides is 1. The summed E-state index contributed by atoms with van der Waals surface area (Å²) in [6.07, 6.45) is 2.23. The third kappa shape index (κ3) is 5.04. The van der Waals surface area contributed by atoms with Crippen LogP contribution in [0.5, 0.6) is 23.1 Å². The number of carbonyl (C=O) groups excluding carboxylic acids is 1. The molecule has 4 rings (SSSR count). The molecule has 2 aromatic heterocycles. The van der Waals surface area contributed by atoms with Gasteiger partial charge in [0.15, 0.2) is 16.5 Å². The van der Waals surface area contributed by atoms with Gasteiger partial charge in [0.05, 0.1) is 19.1 Å². The first-order valence-corrected chi connectivity index (χ1v) is 13.1. The minimum Gasteiger partial charge on any atom is -0.493 e. The van der Waals surface area contributed by atoms with Crippen molar-refractivity contribution in [2.75, 3.05) is 25.7 Å². The van der Waals surface area contributed by atoms with E-state index in [1.54, 1.807) is 18.2 Å². The minimum absolute atomic E-state index is 0.0395. The number of amides is 1. The molecule has 0 saturated carbocycles. The lowest BCUT2D eigenvalue weighted by molar-refractivity contribution is 0.0997. The van der Waals surface area contributed by atoms with Crippen molar-refractivity contribution in [3.05, 3.63) is 54.2 Å². The molecule has 1 atom stereocenters. The number of ether oxygens (including phenoxy) is 3. The van der Waals surface area contributed by atoms with Gasteiger partial charge >= 0.3 is 0 Å². The van der Waals surface area contributed by atoms with Crippen molar-refractivity contribution >= 4 is 21.6 Å². The number of sulfone groups is 1. The van der Waals surface area contributed by atoms with E-state index in [1.807, 2.05) is 18.7 Å². The number of benzene rings is 1. The van der Waals surface area contributed by atoms with E-state index in [0.717, 1.165) is 6.42 Å². The van der Waals surface area contributed by atoms with E-state index in [9.17, 15) is 13.2 Å². The zero-order valence-electron chi connectivity index (χ0n) is 21.4. The maximum absolute atomic E-state index is 13.7. The number of carbonyl (C=O) groups is 1. The first-order chi connectivity index (χ1) is 17.5. The molecule has 0 aliphatic carbocycles. The van der Waals surface area contributed by atoms with Crippen LogP contribution in [0.15, 0.2) is 58.6 Å². The predicted molar refractivity (Wildman–Crippen MR) is 137 cm³/mol. The summed E-state index contributed by atoms with van der Waals surface area (Å²) in [5.41, 5.74) is 5.24. The van der Waals surface area contributed by atoms with Crippen LogP contribution in [0, 0.1) is 5.92 Å². The number of aromatic nitrogens is 2. The third-order valence-corrected chi connectivity index (χ3v) is 8.01. The molecule has 10 nitrogen and oxygen atoms in total. The van der Waals surface area contributed by atoms with Crippen molar-refractivity contribution < 1.29 is 27.4 Å². The molecule has 11 heteroatoms. The lowest BCUT2D eigenvalue weighted by Crippen LogP contribution is -2.40. The average Bonchev–Trinajstić information content (AvgIpc) is 3.14. The van der Waals surface area contributed by atoms with Crippen LogP contribution >= 0.6 is 0 Å². The molecule has 0 spiro atoms. The van der Waals surface area contributed by atoms with Gasteiger partial charge in [-0.3, -0.25) is 4.79 Å². The number of nitrogens with zero attached hydrogens (tertiary/aromatic N) is 3. The van der Waals surface area contributed by atoms with E-state index >= 15 is 0 Å². The zero-order chi connectivity index (χ0) is 27.0. The second kappa shape index (κ2) is 9.89. The number of hydrogen-bond acceptors (Lipinski definition) is 9. The van der Waals surface area contributed by atoms with Gasteiger partial charge in [-0.25, -0.2) is 18.4 Å².